The van der Waals surface area contributed by atoms with E-state index in [4.69, 9.17) is 9.05 Å². The van der Waals surface area contributed by atoms with Crippen LogP contribution in [-0.4, -0.2) is 30.9 Å². The van der Waals surface area contributed by atoms with Crippen molar-refractivity contribution < 1.29 is 13.6 Å². The number of unbranched alkanes of at least 4 members (excludes halogenated alkanes) is 9. The molecule has 0 aliphatic heterocycles. The first-order chi connectivity index (χ1) is 12.1. The lowest BCUT2D eigenvalue weighted by molar-refractivity contribution is 0.174. The molecule has 3 nitrogen and oxygen atoms in total. The van der Waals surface area contributed by atoms with Gasteiger partial charge < -0.3 is 9.05 Å². The van der Waals surface area contributed by atoms with Gasteiger partial charge in [0.15, 0.2) is 0 Å². The zero-order valence-electron chi connectivity index (χ0n) is 17.3. The van der Waals surface area contributed by atoms with E-state index in [1.165, 1.54) is 70.7 Å². The highest BCUT2D eigenvalue weighted by Crippen LogP contribution is 2.50. The summed E-state index contributed by atoms with van der Waals surface area (Å²) < 4.78 is 24.0. The molecule has 0 saturated carbocycles. The van der Waals surface area contributed by atoms with E-state index in [9.17, 15) is 4.57 Å². The molecular formula is C20H43O3PS. The van der Waals surface area contributed by atoms with Crippen molar-refractivity contribution in [2.75, 3.05) is 24.8 Å². The zero-order chi connectivity index (χ0) is 18.8. The molecule has 0 fully saturated rings. The lowest BCUT2D eigenvalue weighted by Gasteiger charge is -2.22. The Labute approximate surface area is 161 Å². The van der Waals surface area contributed by atoms with Gasteiger partial charge in [0, 0.05) is 12.9 Å². The minimum Gasteiger partial charge on any atom is -0.312 e. The predicted molar refractivity (Wildman–Crippen MR) is 114 cm³/mol. The van der Waals surface area contributed by atoms with Crippen LogP contribution in [0.5, 0.6) is 0 Å². The van der Waals surface area contributed by atoms with Crippen molar-refractivity contribution in [3.8, 4) is 0 Å². The van der Waals surface area contributed by atoms with E-state index in [1.54, 1.807) is 0 Å². The van der Waals surface area contributed by atoms with Crippen LogP contribution >= 0.6 is 19.4 Å². The van der Waals surface area contributed by atoms with Crippen molar-refractivity contribution in [3.63, 3.8) is 0 Å². The second-order valence-electron chi connectivity index (χ2n) is 6.91. The van der Waals surface area contributed by atoms with Gasteiger partial charge in [-0.3, -0.25) is 4.57 Å². The van der Waals surface area contributed by atoms with Crippen molar-refractivity contribution >= 4 is 19.4 Å². The molecule has 0 bridgehead atoms. The first-order valence-electron chi connectivity index (χ1n) is 10.5. The summed E-state index contributed by atoms with van der Waals surface area (Å²) in [4.78, 5) is 0. The van der Waals surface area contributed by atoms with Crippen molar-refractivity contribution in [3.05, 3.63) is 0 Å². The van der Waals surface area contributed by atoms with Crippen LogP contribution in [0.3, 0.4) is 0 Å². The Balaban J connectivity index is 3.94. The van der Waals surface area contributed by atoms with Crippen LogP contribution in [0, 0.1) is 0 Å². The molecular weight excluding hydrogens is 351 g/mol. The SMILES string of the molecule is CCCCCCCCP(=O)(OC)O[C@@H](CC)CSCCCCCCC. The maximum atomic E-state index is 12.8. The van der Waals surface area contributed by atoms with Crippen LogP contribution in [0.25, 0.3) is 0 Å². The summed E-state index contributed by atoms with van der Waals surface area (Å²) in [6.07, 6.45) is 15.2. The lowest BCUT2D eigenvalue weighted by Crippen LogP contribution is -2.15. The zero-order valence-corrected chi connectivity index (χ0v) is 19.0. The molecule has 5 heteroatoms. The second kappa shape index (κ2) is 17.9. The minimum atomic E-state index is -2.91. The van der Waals surface area contributed by atoms with Crippen molar-refractivity contribution in [1.82, 2.24) is 0 Å². The summed E-state index contributed by atoms with van der Waals surface area (Å²) in [6.45, 7) is 6.58. The van der Waals surface area contributed by atoms with E-state index in [1.807, 2.05) is 11.8 Å². The van der Waals surface area contributed by atoms with Gasteiger partial charge in [0.1, 0.15) is 0 Å². The van der Waals surface area contributed by atoms with Crippen molar-refractivity contribution in [2.24, 2.45) is 0 Å². The van der Waals surface area contributed by atoms with Gasteiger partial charge in [-0.25, -0.2) is 0 Å². The molecule has 25 heavy (non-hydrogen) atoms. The molecule has 0 spiro atoms. The van der Waals surface area contributed by atoms with Crippen molar-refractivity contribution in [1.29, 1.82) is 0 Å². The number of thioether (sulfide) groups is 1. The van der Waals surface area contributed by atoms with Crippen LogP contribution in [0.15, 0.2) is 0 Å². The normalized spacial score (nSPS) is 15.2. The lowest BCUT2D eigenvalue weighted by atomic mass is 10.1. The van der Waals surface area contributed by atoms with Gasteiger partial charge in [-0.2, -0.15) is 11.8 Å². The first-order valence-corrected chi connectivity index (χ1v) is 13.4. The molecule has 1 unspecified atom stereocenters. The largest absolute Gasteiger partial charge is 0.330 e. The summed E-state index contributed by atoms with van der Waals surface area (Å²) in [5, 5.41) is 0. The highest BCUT2D eigenvalue weighted by molar-refractivity contribution is 7.99. The molecule has 0 radical (unpaired) electrons. The summed E-state index contributed by atoms with van der Waals surface area (Å²) >= 11 is 1.93. The van der Waals surface area contributed by atoms with Gasteiger partial charge in [-0.15, -0.1) is 0 Å². The summed E-state index contributed by atoms with van der Waals surface area (Å²) in [6, 6.07) is 0. The van der Waals surface area contributed by atoms with Gasteiger partial charge in [0.2, 0.25) is 0 Å². The first kappa shape index (κ1) is 25.5. The van der Waals surface area contributed by atoms with E-state index in [-0.39, 0.29) is 6.10 Å². The molecule has 0 aliphatic rings. The minimum absolute atomic E-state index is 0.0477. The Morgan fingerprint density at radius 3 is 1.96 bits per heavy atom. The van der Waals surface area contributed by atoms with Crippen LogP contribution in [-0.2, 0) is 13.6 Å². The fourth-order valence-electron chi connectivity index (χ4n) is 2.75. The van der Waals surface area contributed by atoms with Gasteiger partial charge in [0.25, 0.3) is 0 Å². The average Bonchev–Trinajstić information content (AvgIpc) is 2.63. The fourth-order valence-corrected chi connectivity index (χ4v) is 5.65. The monoisotopic (exact) mass is 394 g/mol. The molecule has 0 rings (SSSR count). The molecule has 0 aliphatic carbocycles. The van der Waals surface area contributed by atoms with Gasteiger partial charge in [-0.05, 0) is 25.0 Å². The molecule has 0 N–H and O–H groups in total. The Morgan fingerprint density at radius 2 is 1.40 bits per heavy atom. The molecule has 0 saturated heterocycles. The fraction of sp³-hybridized carbons (Fsp3) is 1.00. The average molecular weight is 395 g/mol. The standard InChI is InChI=1S/C20H43O3PS/c1-5-8-10-12-13-15-17-24(21,22-4)23-20(7-3)19-25-18-16-14-11-9-6-2/h20H,5-19H2,1-4H3/t20-,24?/m0/s1. The third-order valence-corrected chi connectivity index (χ3v) is 7.75. The van der Waals surface area contributed by atoms with Gasteiger partial charge in [-0.1, -0.05) is 78.6 Å². The predicted octanol–water partition coefficient (Wildman–Crippen LogP) is 7.69. The quantitative estimate of drug-likeness (QED) is 0.166. The van der Waals surface area contributed by atoms with Crippen LogP contribution in [0.1, 0.15) is 97.8 Å². The molecule has 2 atom stereocenters. The third-order valence-electron chi connectivity index (χ3n) is 4.52. The van der Waals surface area contributed by atoms with E-state index >= 15 is 0 Å². The second-order valence-corrected chi connectivity index (χ2v) is 10.3. The smallest absolute Gasteiger partial charge is 0.312 e. The van der Waals surface area contributed by atoms with Crippen LogP contribution in [0.4, 0.5) is 0 Å². The van der Waals surface area contributed by atoms with E-state index in [0.717, 1.165) is 25.0 Å². The Kier molecular flexibility index (Phi) is 18.2. The maximum absolute atomic E-state index is 12.8. The molecule has 0 aromatic rings. The number of hydrogen-bond donors (Lipinski definition) is 0. The summed E-state index contributed by atoms with van der Waals surface area (Å²) in [5.41, 5.74) is 0. The van der Waals surface area contributed by atoms with E-state index in [0.29, 0.717) is 6.16 Å². The van der Waals surface area contributed by atoms with Crippen molar-refractivity contribution in [2.45, 2.75) is 104 Å². The number of rotatable bonds is 19. The third kappa shape index (κ3) is 15.3. The Bertz CT molecular complexity index is 326. The molecule has 152 valence electrons. The van der Waals surface area contributed by atoms with Gasteiger partial charge >= 0.3 is 7.60 Å². The van der Waals surface area contributed by atoms with Crippen LogP contribution < -0.4 is 0 Å². The highest BCUT2D eigenvalue weighted by atomic mass is 32.2. The van der Waals surface area contributed by atoms with E-state index in [2.05, 4.69) is 20.8 Å². The molecule has 0 aromatic heterocycles. The Hall–Kier alpha value is 0.500. The molecule has 0 heterocycles. The van der Waals surface area contributed by atoms with E-state index < -0.39 is 7.60 Å². The number of hydrogen-bond acceptors (Lipinski definition) is 4. The summed E-state index contributed by atoms with van der Waals surface area (Å²) in [7, 11) is -1.38. The summed E-state index contributed by atoms with van der Waals surface area (Å²) in [5.74, 6) is 2.10. The molecule has 0 aromatic carbocycles. The topological polar surface area (TPSA) is 35.5 Å². The van der Waals surface area contributed by atoms with Gasteiger partial charge in [0.05, 0.1) is 12.3 Å². The van der Waals surface area contributed by atoms with Crippen LogP contribution in [0.2, 0.25) is 0 Å². The maximum Gasteiger partial charge on any atom is 0.330 e. The Morgan fingerprint density at radius 1 is 0.840 bits per heavy atom. The molecule has 0 amide bonds. The highest BCUT2D eigenvalue weighted by Gasteiger charge is 2.26.